The van der Waals surface area contributed by atoms with Crippen LogP contribution in [0.5, 0.6) is 0 Å². The number of hydrogen-bond acceptors (Lipinski definition) is 18. The summed E-state index contributed by atoms with van der Waals surface area (Å²) in [6, 6.07) is 0. The van der Waals surface area contributed by atoms with E-state index in [4.69, 9.17) is 45.3 Å². The number of aliphatic hydroxyl groups excluding tert-OH is 2. The third-order valence-electron chi connectivity index (χ3n) is 0.405. The molecule has 0 aliphatic carbocycles. The molecule has 0 aliphatic heterocycles. The largest absolute Gasteiger partial charge is 2.00 e. The van der Waals surface area contributed by atoms with Gasteiger partial charge in [-0.25, -0.2) is 16.8 Å². The minimum absolute atomic E-state index is 0. The predicted octanol–water partition coefficient (Wildman–Crippen LogP) is -11.1. The number of aliphatic hydroxyl groups is 2. The van der Waals surface area contributed by atoms with E-state index in [2.05, 4.69) is 8.67 Å². The van der Waals surface area contributed by atoms with Gasteiger partial charge in [0, 0.05) is 10.4 Å². The van der Waals surface area contributed by atoms with Crippen LogP contribution in [0.2, 0.25) is 0 Å². The molecule has 10 N–H and O–H groups in total. The van der Waals surface area contributed by atoms with Gasteiger partial charge in [0.1, 0.15) is 11.9 Å². The first-order valence-electron chi connectivity index (χ1n) is 4.04. The summed E-state index contributed by atoms with van der Waals surface area (Å²) in [6.07, 6.45) is 0. The molecule has 0 aromatic carbocycles. The van der Waals surface area contributed by atoms with Crippen LogP contribution in [0.4, 0.5) is 0 Å². The molecule has 0 saturated carbocycles. The normalized spacial score (nSPS) is 11.3. The summed E-state index contributed by atoms with van der Waals surface area (Å²) < 4.78 is 132. The van der Waals surface area contributed by atoms with E-state index < -0.39 is 65.2 Å². The summed E-state index contributed by atoms with van der Waals surface area (Å²) in [7, 11) is -15.8. The molecular weight excluding hydrogens is 602 g/mol. The third kappa shape index (κ3) is 148. The molecule has 0 bridgehead atoms. The van der Waals surface area contributed by atoms with Crippen LogP contribution in [-0.2, 0) is 79.1 Å². The molecule has 180 valence electrons. The van der Waals surface area contributed by atoms with Crippen LogP contribution in [-0.4, -0.2) is 83.1 Å². The summed E-state index contributed by atoms with van der Waals surface area (Å²) in [4.78, 5) is 0. The minimum atomic E-state index is -5.31. The van der Waals surface area contributed by atoms with Gasteiger partial charge < -0.3 is 49.8 Å². The van der Waals surface area contributed by atoms with Gasteiger partial charge in [0.2, 0.25) is 20.8 Å². The zero-order valence-electron chi connectivity index (χ0n) is 15.2. The average Bonchev–Trinajstić information content (AvgIpc) is 2.34. The van der Waals surface area contributed by atoms with Gasteiger partial charge in [-0.05, 0) is 22.2 Å². The fourth-order valence-corrected chi connectivity index (χ4v) is 0.612. The van der Waals surface area contributed by atoms with E-state index >= 15 is 0 Å². The predicted molar refractivity (Wildman–Crippen MR) is 76.0 cm³/mol. The van der Waals surface area contributed by atoms with Crippen molar-refractivity contribution in [3.05, 3.63) is 0 Å². The Labute approximate surface area is 231 Å². The topological polar surface area (TPSA) is 407 Å². The van der Waals surface area contributed by atoms with E-state index in [1.54, 1.807) is 0 Å². The van der Waals surface area contributed by atoms with Gasteiger partial charge in [-0.1, -0.05) is 0 Å². The Kier molecular flexibility index (Phi) is 60.5. The van der Waals surface area contributed by atoms with Crippen LogP contribution in [0.1, 0.15) is 0 Å². The van der Waals surface area contributed by atoms with Crippen molar-refractivity contribution >= 4 is 53.4 Å². The van der Waals surface area contributed by atoms with Gasteiger partial charge in [0.15, 0.2) is 0 Å². The zero-order valence-corrected chi connectivity index (χ0v) is 24.4. The molecule has 20 nitrogen and oxygen atoms in total. The van der Waals surface area contributed by atoms with Crippen LogP contribution in [0.3, 0.4) is 0 Å². The van der Waals surface area contributed by atoms with E-state index in [0.29, 0.717) is 0 Å². The van der Waals surface area contributed by atoms with Crippen molar-refractivity contribution < 1.29 is 156 Å². The number of hydrogen-bond donors (Lipinski definition) is 4. The fraction of sp³-hybridized carbons (Fsp3) is 1.00. The quantitative estimate of drug-likeness (QED) is 0.0556. The van der Waals surface area contributed by atoms with Crippen molar-refractivity contribution in [1.82, 2.24) is 12.3 Å². The number of rotatable bonds is 5. The second-order valence-electron chi connectivity index (χ2n) is 2.23. The maximum absolute atomic E-state index is 9.37. The van der Waals surface area contributed by atoms with Gasteiger partial charge in [0.25, 0.3) is 0 Å². The van der Waals surface area contributed by atoms with Crippen molar-refractivity contribution in [3.63, 3.8) is 0 Å². The van der Waals surface area contributed by atoms with Crippen molar-refractivity contribution in [1.29, 1.82) is 0 Å². The molecular formula is C2H14FeN2Na2O18S5. The zero-order chi connectivity index (χ0) is 21.5. The van der Waals surface area contributed by atoms with Crippen LogP contribution in [0, 0.1) is 0 Å². The molecule has 0 radical (unpaired) electrons. The summed E-state index contributed by atoms with van der Waals surface area (Å²) in [5, 5.41) is 15.1. The molecule has 30 heavy (non-hydrogen) atoms. The standard InChI is InChI=1S/2CH4O3S.Fe.2H3N.2Na.H2O8S2.H2O4S/c2*2-1-5(3)4;;;;;;1-9(2,3)7-8-10(4,5)6;1-5(2,3)4/h2*2H,1H2,(H,3,4);;2*1H3;;;(H,1,2,3)(H,4,5,6);(H2,1,2,3,4)/q;;+2;;;2*+1;;/p-4. The molecule has 2 unspecified atom stereocenters. The van der Waals surface area contributed by atoms with E-state index in [9.17, 15) is 25.9 Å². The number of quaternary nitrogens is 2. The average molecular weight is 616 g/mol. The van der Waals surface area contributed by atoms with E-state index in [-0.39, 0.29) is 88.5 Å². The Morgan fingerprint density at radius 1 is 0.667 bits per heavy atom. The maximum atomic E-state index is 9.37. The van der Waals surface area contributed by atoms with Crippen molar-refractivity contribution in [2.75, 3.05) is 11.9 Å². The minimum Gasteiger partial charge on any atom is -0.771 e. The van der Waals surface area contributed by atoms with Gasteiger partial charge >= 0.3 is 76.2 Å². The van der Waals surface area contributed by atoms with E-state index in [0.717, 1.165) is 0 Å². The first-order valence-corrected chi connectivity index (χ1v) is 10.5. The third-order valence-corrected chi connectivity index (χ3v) is 1.38. The van der Waals surface area contributed by atoms with Crippen molar-refractivity contribution in [2.24, 2.45) is 0 Å². The van der Waals surface area contributed by atoms with Crippen molar-refractivity contribution in [3.8, 4) is 0 Å². The summed E-state index contributed by atoms with van der Waals surface area (Å²) in [5.41, 5.74) is 0. The Hall–Kier alpha value is 2.19. The van der Waals surface area contributed by atoms with Crippen LogP contribution in [0.25, 0.3) is 0 Å². The van der Waals surface area contributed by atoms with E-state index in [1.807, 2.05) is 0 Å². The molecule has 0 saturated heterocycles. The summed E-state index contributed by atoms with van der Waals surface area (Å²) in [6.45, 7) is 0. The Balaban J connectivity index is -0.0000000279. The molecule has 0 rings (SSSR count). The Morgan fingerprint density at radius 2 is 0.767 bits per heavy atom. The molecule has 0 amide bonds. The van der Waals surface area contributed by atoms with Crippen LogP contribution in [0.15, 0.2) is 0 Å². The maximum Gasteiger partial charge on any atom is 2.00 e. The second-order valence-corrected chi connectivity index (χ2v) is 6.68. The first kappa shape index (κ1) is 58.2. The molecule has 0 spiro atoms. The smallest absolute Gasteiger partial charge is 0.771 e. The van der Waals surface area contributed by atoms with Gasteiger partial charge in [-0.15, -0.1) is 8.67 Å². The fourth-order valence-electron chi connectivity index (χ4n) is 0.0680. The van der Waals surface area contributed by atoms with Gasteiger partial charge in [-0.3, -0.25) is 16.8 Å². The van der Waals surface area contributed by atoms with Crippen molar-refractivity contribution in [2.45, 2.75) is 0 Å². The SMILES string of the molecule is O=S(=O)([O-])OOS(=O)(=O)[O-].O=S(=O)([O-])[O-].O=S([O-])CO.O=S([O-])CO.[Fe+2].[NH4+].[NH4+].[Na+].[Na+]. The molecule has 2 atom stereocenters. The van der Waals surface area contributed by atoms with Crippen LogP contribution >= 0.6 is 0 Å². The Morgan fingerprint density at radius 3 is 0.800 bits per heavy atom. The molecule has 0 aromatic heterocycles. The second kappa shape index (κ2) is 31.2. The van der Waals surface area contributed by atoms with Gasteiger partial charge in [-0.2, -0.15) is 0 Å². The first-order chi connectivity index (χ1) is 10.7. The molecule has 0 fully saturated rings. The molecule has 0 aliphatic rings. The summed E-state index contributed by atoms with van der Waals surface area (Å²) >= 11 is -4.53. The summed E-state index contributed by atoms with van der Waals surface area (Å²) in [5.74, 6) is -1.56. The molecule has 0 aromatic rings. The molecule has 0 heterocycles. The van der Waals surface area contributed by atoms with Crippen LogP contribution < -0.4 is 71.4 Å². The van der Waals surface area contributed by atoms with E-state index in [1.165, 1.54) is 0 Å². The monoisotopic (exact) mass is 616 g/mol. The molecule has 28 heteroatoms. The van der Waals surface area contributed by atoms with Gasteiger partial charge in [0.05, 0.1) is 0 Å². The Bertz CT molecular complexity index is 638.